The van der Waals surface area contributed by atoms with Crippen LogP contribution in [0.15, 0.2) is 36.4 Å². The number of carbonyl (C=O) groups excluding carboxylic acids is 3. The Morgan fingerprint density at radius 1 is 1.11 bits per heavy atom. The Labute approximate surface area is 206 Å². The van der Waals surface area contributed by atoms with Gasteiger partial charge in [0.1, 0.15) is 0 Å². The van der Waals surface area contributed by atoms with Gasteiger partial charge >= 0.3 is 0 Å². The minimum atomic E-state index is -0.337. The van der Waals surface area contributed by atoms with Gasteiger partial charge in [-0.25, -0.2) is 0 Å². The molecular formula is C27H33N5O3. The first-order chi connectivity index (χ1) is 16.9. The van der Waals surface area contributed by atoms with E-state index in [1.807, 2.05) is 13.0 Å². The Morgan fingerprint density at radius 2 is 1.97 bits per heavy atom. The van der Waals surface area contributed by atoms with E-state index in [4.69, 9.17) is 0 Å². The fourth-order valence-electron chi connectivity index (χ4n) is 5.43. The molecule has 184 valence electrons. The number of nitrogens with one attached hydrogen (secondary N) is 3. The van der Waals surface area contributed by atoms with E-state index in [0.29, 0.717) is 28.8 Å². The summed E-state index contributed by atoms with van der Waals surface area (Å²) in [7, 11) is 0. The van der Waals surface area contributed by atoms with Crippen molar-refractivity contribution in [3.63, 3.8) is 0 Å². The molecule has 2 aromatic carbocycles. The number of aryl methyl sites for hydroxylation is 1. The summed E-state index contributed by atoms with van der Waals surface area (Å²) in [5, 5.41) is 8.19. The molecule has 0 saturated carbocycles. The van der Waals surface area contributed by atoms with Crippen LogP contribution < -0.4 is 20.9 Å². The van der Waals surface area contributed by atoms with Gasteiger partial charge in [-0.15, -0.1) is 0 Å². The zero-order valence-corrected chi connectivity index (χ0v) is 20.4. The maximum absolute atomic E-state index is 12.9. The zero-order valence-electron chi connectivity index (χ0n) is 20.4. The predicted molar refractivity (Wildman–Crippen MR) is 137 cm³/mol. The van der Waals surface area contributed by atoms with E-state index in [1.165, 1.54) is 38.0 Å². The average Bonchev–Trinajstić information content (AvgIpc) is 3.44. The van der Waals surface area contributed by atoms with Crippen molar-refractivity contribution in [3.05, 3.63) is 53.1 Å². The van der Waals surface area contributed by atoms with Crippen LogP contribution in [0.25, 0.3) is 0 Å². The van der Waals surface area contributed by atoms with Gasteiger partial charge in [-0.3, -0.25) is 14.4 Å². The van der Waals surface area contributed by atoms with Gasteiger partial charge in [0.15, 0.2) is 0 Å². The Bertz CT molecular complexity index is 1160. The number of fused-ring (bicyclic) bond motifs is 1. The Kier molecular flexibility index (Phi) is 6.47. The third kappa shape index (κ3) is 5.03. The van der Waals surface area contributed by atoms with Gasteiger partial charge in [0.2, 0.25) is 5.91 Å². The average molecular weight is 476 g/mol. The lowest BCUT2D eigenvalue weighted by Crippen LogP contribution is -2.33. The van der Waals surface area contributed by atoms with Crippen molar-refractivity contribution in [3.8, 4) is 0 Å². The molecule has 2 saturated heterocycles. The standard InChI is InChI=1S/C27H33N5O3/c1-17-12-21(32-11-9-19(16-32)15-31-10-3-4-18(31)2)6-8-23(17)30-26(34)20-5-7-22-24(13-20)29-25(33)14-28-27(22)35/h5-8,12-13,18-19H,3-4,9-11,14-16H2,1-2H3,(H,28,35)(H,29,33)(H,30,34). The maximum Gasteiger partial charge on any atom is 0.255 e. The highest BCUT2D eigenvalue weighted by atomic mass is 16.2. The van der Waals surface area contributed by atoms with Crippen molar-refractivity contribution in [1.29, 1.82) is 0 Å². The molecule has 3 aliphatic rings. The van der Waals surface area contributed by atoms with Crippen LogP contribution in [0.2, 0.25) is 0 Å². The molecular weight excluding hydrogens is 442 g/mol. The SMILES string of the molecule is Cc1cc(N2CCC(CN3CCCC3C)C2)ccc1NC(=O)c1ccc2c(c1)NC(=O)CNC2=O. The first kappa shape index (κ1) is 23.4. The molecule has 3 aliphatic heterocycles. The molecule has 0 spiro atoms. The molecule has 2 unspecified atom stereocenters. The van der Waals surface area contributed by atoms with Crippen molar-refractivity contribution in [2.24, 2.45) is 5.92 Å². The Balaban J connectivity index is 1.24. The monoisotopic (exact) mass is 475 g/mol. The topological polar surface area (TPSA) is 93.8 Å². The van der Waals surface area contributed by atoms with E-state index in [0.717, 1.165) is 24.3 Å². The van der Waals surface area contributed by atoms with Crippen molar-refractivity contribution in [2.75, 3.05) is 48.3 Å². The molecule has 2 fully saturated rings. The number of amides is 3. The summed E-state index contributed by atoms with van der Waals surface area (Å²) < 4.78 is 0. The number of anilines is 3. The number of likely N-dealkylation sites (tertiary alicyclic amines) is 1. The van der Waals surface area contributed by atoms with E-state index in [1.54, 1.807) is 18.2 Å². The summed E-state index contributed by atoms with van der Waals surface area (Å²) >= 11 is 0. The predicted octanol–water partition coefficient (Wildman–Crippen LogP) is 3.24. The van der Waals surface area contributed by atoms with Crippen molar-refractivity contribution < 1.29 is 14.4 Å². The summed E-state index contributed by atoms with van der Waals surface area (Å²) in [5.41, 5.74) is 4.00. The molecule has 2 aromatic rings. The van der Waals surface area contributed by atoms with Gasteiger partial charge in [-0.1, -0.05) is 0 Å². The molecule has 3 heterocycles. The number of benzene rings is 2. The highest BCUT2D eigenvalue weighted by molar-refractivity contribution is 6.11. The number of carbonyl (C=O) groups is 3. The molecule has 5 rings (SSSR count). The largest absolute Gasteiger partial charge is 0.371 e. The van der Waals surface area contributed by atoms with Gasteiger partial charge in [0.25, 0.3) is 11.8 Å². The van der Waals surface area contributed by atoms with Gasteiger partial charge in [0.05, 0.1) is 17.8 Å². The molecule has 3 amide bonds. The molecule has 0 bridgehead atoms. The third-order valence-corrected chi connectivity index (χ3v) is 7.50. The van der Waals surface area contributed by atoms with Gasteiger partial charge in [-0.2, -0.15) is 0 Å². The van der Waals surface area contributed by atoms with Crippen LogP contribution in [0, 0.1) is 12.8 Å². The van der Waals surface area contributed by atoms with Gasteiger partial charge in [0, 0.05) is 42.6 Å². The second-order valence-corrected chi connectivity index (χ2v) is 10.0. The van der Waals surface area contributed by atoms with Crippen molar-refractivity contribution in [2.45, 2.75) is 39.2 Å². The van der Waals surface area contributed by atoms with E-state index in [2.05, 4.69) is 44.8 Å². The first-order valence-corrected chi connectivity index (χ1v) is 12.5. The van der Waals surface area contributed by atoms with E-state index in [9.17, 15) is 14.4 Å². The second kappa shape index (κ2) is 9.70. The van der Waals surface area contributed by atoms with Crippen LogP contribution >= 0.6 is 0 Å². The van der Waals surface area contributed by atoms with E-state index < -0.39 is 0 Å². The molecule has 2 atom stereocenters. The summed E-state index contributed by atoms with van der Waals surface area (Å²) in [4.78, 5) is 42.0. The summed E-state index contributed by atoms with van der Waals surface area (Å²) in [6, 6.07) is 11.6. The smallest absolute Gasteiger partial charge is 0.255 e. The lowest BCUT2D eigenvalue weighted by Gasteiger charge is -2.25. The molecule has 0 aromatic heterocycles. The number of rotatable bonds is 5. The minimum Gasteiger partial charge on any atom is -0.371 e. The Morgan fingerprint density at radius 3 is 2.74 bits per heavy atom. The van der Waals surface area contributed by atoms with E-state index >= 15 is 0 Å². The lowest BCUT2D eigenvalue weighted by atomic mass is 10.1. The molecule has 3 N–H and O–H groups in total. The van der Waals surface area contributed by atoms with Gasteiger partial charge < -0.3 is 25.8 Å². The number of nitrogens with zero attached hydrogens (tertiary/aromatic N) is 2. The summed E-state index contributed by atoms with van der Waals surface area (Å²) in [6.45, 7) is 8.81. The molecule has 0 radical (unpaired) electrons. The summed E-state index contributed by atoms with van der Waals surface area (Å²) in [5.74, 6) is -0.245. The molecule has 0 aliphatic carbocycles. The van der Waals surface area contributed by atoms with Crippen LogP contribution in [0.3, 0.4) is 0 Å². The third-order valence-electron chi connectivity index (χ3n) is 7.50. The fraction of sp³-hybridized carbons (Fsp3) is 0.444. The molecule has 8 nitrogen and oxygen atoms in total. The number of hydrogen-bond acceptors (Lipinski definition) is 5. The maximum atomic E-state index is 12.9. The normalized spacial score (nSPS) is 22.4. The van der Waals surface area contributed by atoms with Crippen LogP contribution in [0.1, 0.15) is 52.5 Å². The van der Waals surface area contributed by atoms with Gasteiger partial charge in [-0.05, 0) is 87.5 Å². The van der Waals surface area contributed by atoms with Crippen molar-refractivity contribution in [1.82, 2.24) is 10.2 Å². The van der Waals surface area contributed by atoms with E-state index in [-0.39, 0.29) is 24.3 Å². The second-order valence-electron chi connectivity index (χ2n) is 10.0. The fourth-order valence-corrected chi connectivity index (χ4v) is 5.43. The lowest BCUT2D eigenvalue weighted by molar-refractivity contribution is -0.115. The van der Waals surface area contributed by atoms with Crippen molar-refractivity contribution >= 4 is 34.8 Å². The highest BCUT2D eigenvalue weighted by Gasteiger charge is 2.28. The number of hydrogen-bond donors (Lipinski definition) is 3. The van der Waals surface area contributed by atoms with Crippen LogP contribution in [0.4, 0.5) is 17.1 Å². The van der Waals surface area contributed by atoms with Crippen LogP contribution in [-0.4, -0.2) is 61.4 Å². The minimum absolute atomic E-state index is 0.0876. The highest BCUT2D eigenvalue weighted by Crippen LogP contribution is 2.30. The molecule has 35 heavy (non-hydrogen) atoms. The van der Waals surface area contributed by atoms with Crippen LogP contribution in [0.5, 0.6) is 0 Å². The van der Waals surface area contributed by atoms with Crippen LogP contribution in [-0.2, 0) is 4.79 Å². The quantitative estimate of drug-likeness (QED) is 0.617. The zero-order chi connectivity index (χ0) is 24.5. The summed E-state index contributed by atoms with van der Waals surface area (Å²) in [6.07, 6.45) is 3.85. The first-order valence-electron chi connectivity index (χ1n) is 12.5. The molecule has 8 heteroatoms. The Hall–Kier alpha value is -3.39.